The second-order valence-corrected chi connectivity index (χ2v) is 2.75. The fourth-order valence-corrected chi connectivity index (χ4v) is 0.360. The van der Waals surface area contributed by atoms with Crippen LogP contribution < -0.4 is 0 Å². The largest absolute Gasteiger partial charge is 0.466 e. The third kappa shape index (κ3) is 24.7. The van der Waals surface area contributed by atoms with Crippen LogP contribution in [-0.4, -0.2) is 18.4 Å². The quantitative estimate of drug-likeness (QED) is 0.502. The number of ether oxygens (including phenoxy) is 1. The molecule has 78 valence electrons. The molecule has 0 N–H and O–H groups in total. The highest BCUT2D eigenvalue weighted by Crippen LogP contribution is 1.86. The molecule has 0 aromatic heterocycles. The van der Waals surface area contributed by atoms with Gasteiger partial charge in [-0.2, -0.15) is 0 Å². The van der Waals surface area contributed by atoms with Crippen LogP contribution in [0.1, 0.15) is 47.0 Å². The van der Waals surface area contributed by atoms with Gasteiger partial charge in [-0.1, -0.05) is 20.3 Å². The van der Waals surface area contributed by atoms with E-state index < -0.39 is 0 Å². The maximum Gasteiger partial charge on any atom is 0.302 e. The van der Waals surface area contributed by atoms with Gasteiger partial charge in [0, 0.05) is 13.3 Å². The van der Waals surface area contributed by atoms with Crippen LogP contribution in [0.15, 0.2) is 0 Å². The Morgan fingerprint density at radius 1 is 1.15 bits per heavy atom. The lowest BCUT2D eigenvalue weighted by Crippen LogP contribution is -1.99. The molecule has 0 unspecified atom stereocenters. The zero-order valence-electron chi connectivity index (χ0n) is 9.05. The van der Waals surface area contributed by atoms with Crippen LogP contribution in [0.4, 0.5) is 0 Å². The predicted octanol–water partition coefficient (Wildman–Crippen LogP) is 2.33. The molecule has 0 aromatic carbocycles. The summed E-state index contributed by atoms with van der Waals surface area (Å²) in [5.41, 5.74) is 0. The van der Waals surface area contributed by atoms with Crippen molar-refractivity contribution >= 4 is 11.8 Å². The van der Waals surface area contributed by atoms with Crippen LogP contribution in [0, 0.1) is 0 Å². The summed E-state index contributed by atoms with van der Waals surface area (Å²) in [7, 11) is 0. The molecule has 0 saturated carbocycles. The zero-order chi connectivity index (χ0) is 10.7. The molecule has 0 amide bonds. The average Bonchev–Trinajstić information content (AvgIpc) is 2.05. The minimum absolute atomic E-state index is 0.182. The molecule has 0 heterocycles. The number of carbonyl (C=O) groups excluding carboxylic acids is 2. The molecule has 0 aliphatic carbocycles. The molecule has 0 aromatic rings. The van der Waals surface area contributed by atoms with Gasteiger partial charge in [-0.3, -0.25) is 4.79 Å². The van der Waals surface area contributed by atoms with E-state index in [1.165, 1.54) is 6.92 Å². The van der Waals surface area contributed by atoms with Gasteiger partial charge in [-0.05, 0) is 13.3 Å². The van der Waals surface area contributed by atoms with Crippen LogP contribution in [-0.2, 0) is 14.3 Å². The molecule has 0 fully saturated rings. The van der Waals surface area contributed by atoms with Crippen LogP contribution in [0.5, 0.6) is 0 Å². The molecular weight excluding hydrogens is 168 g/mol. The van der Waals surface area contributed by atoms with E-state index in [-0.39, 0.29) is 11.8 Å². The summed E-state index contributed by atoms with van der Waals surface area (Å²) in [6, 6.07) is 0. The summed E-state index contributed by atoms with van der Waals surface area (Å²) < 4.78 is 4.64. The highest BCUT2D eigenvalue weighted by molar-refractivity contribution is 5.74. The van der Waals surface area contributed by atoms with E-state index in [0.717, 1.165) is 12.8 Å². The number of rotatable bonds is 4. The van der Waals surface area contributed by atoms with Gasteiger partial charge < -0.3 is 9.53 Å². The summed E-state index contributed by atoms with van der Waals surface area (Å²) in [5.74, 6) is 0.0726. The molecule has 0 rings (SSSR count). The maximum absolute atomic E-state index is 10.1. The topological polar surface area (TPSA) is 43.4 Å². The Balaban J connectivity index is 0. The van der Waals surface area contributed by atoms with Gasteiger partial charge in [0.05, 0.1) is 6.61 Å². The number of hydrogen-bond acceptors (Lipinski definition) is 3. The van der Waals surface area contributed by atoms with Crippen molar-refractivity contribution in [3.8, 4) is 0 Å². The van der Waals surface area contributed by atoms with Gasteiger partial charge in [-0.15, -0.1) is 0 Å². The lowest BCUT2D eigenvalue weighted by molar-refractivity contribution is -0.141. The Kier molecular flexibility index (Phi) is 12.6. The van der Waals surface area contributed by atoms with E-state index >= 15 is 0 Å². The van der Waals surface area contributed by atoms with Gasteiger partial charge in [0.15, 0.2) is 0 Å². The van der Waals surface area contributed by atoms with Crippen LogP contribution in [0.25, 0.3) is 0 Å². The molecule has 0 radical (unpaired) electrons. The molecular formula is C10H20O3. The third-order valence-corrected chi connectivity index (χ3v) is 1.30. The highest BCUT2D eigenvalue weighted by Gasteiger charge is 1.88. The Morgan fingerprint density at radius 3 is 1.85 bits per heavy atom. The van der Waals surface area contributed by atoms with Crippen LogP contribution in [0.2, 0.25) is 0 Å². The fraction of sp³-hybridized carbons (Fsp3) is 0.800. The molecule has 0 aliphatic rings. The molecule has 3 nitrogen and oxygen atoms in total. The first-order valence-corrected chi connectivity index (χ1v) is 4.67. The van der Waals surface area contributed by atoms with Gasteiger partial charge in [-0.25, -0.2) is 0 Å². The number of Topliss-reactive ketones (excluding diaryl/α,β-unsaturated/α-hetero) is 1. The smallest absolute Gasteiger partial charge is 0.302 e. The summed E-state index contributed by atoms with van der Waals surface area (Å²) in [6.45, 7) is 7.49. The molecule has 0 bridgehead atoms. The summed E-state index contributed by atoms with van der Waals surface area (Å²) >= 11 is 0. The van der Waals surface area contributed by atoms with E-state index in [9.17, 15) is 9.59 Å². The van der Waals surface area contributed by atoms with Crippen molar-refractivity contribution in [2.45, 2.75) is 47.0 Å². The number of esters is 1. The number of unbranched alkanes of at least 4 members (excludes halogenated alkanes) is 1. The maximum atomic E-state index is 10.1. The Morgan fingerprint density at radius 2 is 1.62 bits per heavy atom. The molecule has 0 saturated heterocycles. The van der Waals surface area contributed by atoms with Gasteiger partial charge >= 0.3 is 5.97 Å². The van der Waals surface area contributed by atoms with Crippen molar-refractivity contribution in [1.82, 2.24) is 0 Å². The second kappa shape index (κ2) is 11.1. The first kappa shape index (κ1) is 14.7. The van der Waals surface area contributed by atoms with Crippen molar-refractivity contribution in [3.63, 3.8) is 0 Å². The standard InChI is InChI=1S/C6H12O2.C4H8O/c1-3-4-5-8-6(2)7;1-3-4(2)5/h3-5H2,1-2H3;3H2,1-2H3. The fourth-order valence-electron chi connectivity index (χ4n) is 0.360. The molecule has 13 heavy (non-hydrogen) atoms. The van der Waals surface area contributed by atoms with Crippen molar-refractivity contribution in [3.05, 3.63) is 0 Å². The Labute approximate surface area is 80.5 Å². The van der Waals surface area contributed by atoms with E-state index in [2.05, 4.69) is 11.7 Å². The SMILES string of the molecule is CCC(C)=O.CCCCOC(C)=O. The number of carbonyl (C=O) groups is 2. The molecule has 0 atom stereocenters. The number of ketones is 1. The van der Waals surface area contributed by atoms with Crippen molar-refractivity contribution in [2.24, 2.45) is 0 Å². The van der Waals surface area contributed by atoms with Crippen LogP contribution >= 0.6 is 0 Å². The van der Waals surface area contributed by atoms with E-state index in [0.29, 0.717) is 13.0 Å². The molecule has 0 spiro atoms. The normalized spacial score (nSPS) is 8.31. The minimum Gasteiger partial charge on any atom is -0.466 e. The van der Waals surface area contributed by atoms with Gasteiger partial charge in [0.2, 0.25) is 0 Å². The van der Waals surface area contributed by atoms with E-state index in [1.54, 1.807) is 6.92 Å². The van der Waals surface area contributed by atoms with Crippen molar-refractivity contribution in [1.29, 1.82) is 0 Å². The van der Waals surface area contributed by atoms with Crippen LogP contribution in [0.3, 0.4) is 0 Å². The van der Waals surface area contributed by atoms with Crippen molar-refractivity contribution < 1.29 is 14.3 Å². The van der Waals surface area contributed by atoms with Crippen molar-refractivity contribution in [2.75, 3.05) is 6.61 Å². The Bertz CT molecular complexity index is 141. The monoisotopic (exact) mass is 188 g/mol. The summed E-state index contributed by atoms with van der Waals surface area (Å²) in [5, 5.41) is 0. The lowest BCUT2D eigenvalue weighted by atomic mass is 10.4. The highest BCUT2D eigenvalue weighted by atomic mass is 16.5. The zero-order valence-corrected chi connectivity index (χ0v) is 9.05. The second-order valence-electron chi connectivity index (χ2n) is 2.75. The number of hydrogen-bond donors (Lipinski definition) is 0. The summed E-state index contributed by atoms with van der Waals surface area (Å²) in [4.78, 5) is 19.9. The lowest BCUT2D eigenvalue weighted by Gasteiger charge is -1.96. The summed E-state index contributed by atoms with van der Waals surface area (Å²) in [6.07, 6.45) is 2.72. The van der Waals surface area contributed by atoms with Gasteiger partial charge in [0.25, 0.3) is 0 Å². The predicted molar refractivity (Wildman–Crippen MR) is 52.5 cm³/mol. The molecule has 3 heteroatoms. The Hall–Kier alpha value is -0.860. The molecule has 0 aliphatic heterocycles. The average molecular weight is 188 g/mol. The van der Waals surface area contributed by atoms with E-state index in [1.807, 2.05) is 6.92 Å². The van der Waals surface area contributed by atoms with E-state index in [4.69, 9.17) is 0 Å². The van der Waals surface area contributed by atoms with Gasteiger partial charge in [0.1, 0.15) is 5.78 Å². The minimum atomic E-state index is -0.182. The first-order chi connectivity index (χ1) is 6.04. The third-order valence-electron chi connectivity index (χ3n) is 1.30. The first-order valence-electron chi connectivity index (χ1n) is 4.67.